The van der Waals surface area contributed by atoms with Gasteiger partial charge in [-0.3, -0.25) is 9.89 Å². The molecule has 2 N–H and O–H groups in total. The van der Waals surface area contributed by atoms with Gasteiger partial charge in [-0.15, -0.1) is 22.7 Å². The number of carbonyl (C=O) groups is 2. The Kier molecular flexibility index (Phi) is 8.92. The lowest BCUT2D eigenvalue weighted by Crippen LogP contribution is -2.53. The predicted molar refractivity (Wildman–Crippen MR) is 164 cm³/mol. The Labute approximate surface area is 265 Å². The first kappa shape index (κ1) is 30.2. The minimum Gasteiger partial charge on any atom is -0.466 e. The van der Waals surface area contributed by atoms with Crippen molar-refractivity contribution in [3.63, 3.8) is 0 Å². The lowest BCUT2D eigenvalue weighted by Gasteiger charge is -2.38. The second-order valence-electron chi connectivity index (χ2n) is 10.2. The standard InChI is InChI=1S/C29H27ClFN7O4S2/c1-42-28(40)24-22(34-26(27-32-6-10-43-27)35-25(24)20-5-4-17(31)11-21(20)30)15-36-8-9-38-18(13-36)14-37(29(38)41)7-2-3-23-33-12-19(16-39)44-23/h4-6,10-12,18,25,39H,7-9,13-16H2,1H3,(H,34,35)/t18-,25-/m0/s1. The SMILES string of the molecule is COC(=O)C1=C(CN2CCN3C(=O)N(CC#Cc4ncc(CO)s4)C[C@@H]3C2)NC(c2nccs2)=N[C@H]1c1ccc(F)cc1Cl. The number of esters is 1. The lowest BCUT2D eigenvalue weighted by molar-refractivity contribution is -0.136. The van der Waals surface area contributed by atoms with Crippen LogP contribution < -0.4 is 5.32 Å². The molecule has 2 saturated heterocycles. The number of carbonyl (C=O) groups excluding carboxylic acids is 2. The van der Waals surface area contributed by atoms with Crippen molar-refractivity contribution in [3.05, 3.63) is 78.5 Å². The van der Waals surface area contributed by atoms with Crippen molar-refractivity contribution in [1.29, 1.82) is 0 Å². The van der Waals surface area contributed by atoms with Crippen LogP contribution in [-0.2, 0) is 16.1 Å². The Morgan fingerprint density at radius 1 is 1.30 bits per heavy atom. The number of hydrogen-bond donors (Lipinski definition) is 2. The summed E-state index contributed by atoms with van der Waals surface area (Å²) in [6.07, 6.45) is 3.26. The summed E-state index contributed by atoms with van der Waals surface area (Å²) in [5.74, 6) is 5.40. The van der Waals surface area contributed by atoms with Gasteiger partial charge in [-0.1, -0.05) is 23.6 Å². The molecule has 11 nitrogen and oxygen atoms in total. The van der Waals surface area contributed by atoms with Gasteiger partial charge in [-0.2, -0.15) is 0 Å². The number of aliphatic hydroxyl groups excluding tert-OH is 1. The van der Waals surface area contributed by atoms with E-state index >= 15 is 0 Å². The van der Waals surface area contributed by atoms with Crippen LogP contribution in [0, 0.1) is 17.7 Å². The largest absolute Gasteiger partial charge is 0.466 e. The van der Waals surface area contributed by atoms with Crippen LogP contribution in [0.4, 0.5) is 9.18 Å². The van der Waals surface area contributed by atoms with Crippen molar-refractivity contribution >= 4 is 52.1 Å². The van der Waals surface area contributed by atoms with E-state index in [9.17, 15) is 19.1 Å². The average Bonchev–Trinajstić information content (AvgIpc) is 3.78. The van der Waals surface area contributed by atoms with Crippen LogP contribution in [-0.4, -0.2) is 100 Å². The van der Waals surface area contributed by atoms with Gasteiger partial charge in [-0.05, 0) is 18.1 Å². The maximum absolute atomic E-state index is 13.9. The summed E-state index contributed by atoms with van der Waals surface area (Å²) in [5, 5.41) is 15.7. The molecule has 15 heteroatoms. The zero-order valence-electron chi connectivity index (χ0n) is 23.5. The molecule has 3 aromatic rings. The number of amidine groups is 1. The highest BCUT2D eigenvalue weighted by Gasteiger charge is 2.41. The lowest BCUT2D eigenvalue weighted by atomic mass is 9.95. The molecule has 0 unspecified atom stereocenters. The molecule has 6 rings (SSSR count). The zero-order chi connectivity index (χ0) is 30.8. The normalized spacial score (nSPS) is 20.2. The van der Waals surface area contributed by atoms with Crippen molar-refractivity contribution < 1.29 is 23.8 Å². The van der Waals surface area contributed by atoms with Crippen LogP contribution >= 0.6 is 34.3 Å². The summed E-state index contributed by atoms with van der Waals surface area (Å²) in [7, 11) is 1.30. The van der Waals surface area contributed by atoms with E-state index in [2.05, 4.69) is 32.0 Å². The van der Waals surface area contributed by atoms with Gasteiger partial charge in [-0.25, -0.2) is 23.9 Å². The molecule has 0 spiro atoms. The molecule has 2 atom stereocenters. The van der Waals surface area contributed by atoms with Crippen molar-refractivity contribution in [2.75, 3.05) is 46.4 Å². The fourth-order valence-corrected chi connectivity index (χ4v) is 6.96. The minimum atomic E-state index is -0.847. The van der Waals surface area contributed by atoms with Gasteiger partial charge in [0.25, 0.3) is 0 Å². The van der Waals surface area contributed by atoms with Crippen LogP contribution in [0.15, 0.2) is 52.2 Å². The number of nitrogens with zero attached hydrogens (tertiary/aromatic N) is 6. The first-order valence-corrected chi connectivity index (χ1v) is 15.7. The number of methoxy groups -OCH3 is 1. The number of ether oxygens (including phenoxy) is 1. The fourth-order valence-electron chi connectivity index (χ4n) is 5.46. The van der Waals surface area contributed by atoms with E-state index in [4.69, 9.17) is 21.3 Å². The minimum absolute atomic E-state index is 0.0564. The molecule has 0 aliphatic carbocycles. The van der Waals surface area contributed by atoms with Gasteiger partial charge in [0.15, 0.2) is 15.9 Å². The molecule has 0 radical (unpaired) electrons. The first-order valence-electron chi connectivity index (χ1n) is 13.7. The Hall–Kier alpha value is -3.87. The third-order valence-corrected chi connectivity index (χ3v) is 9.50. The first-order chi connectivity index (χ1) is 21.3. The van der Waals surface area contributed by atoms with E-state index in [0.29, 0.717) is 59.8 Å². The highest BCUT2D eigenvalue weighted by molar-refractivity contribution is 7.12. The molecule has 3 aliphatic heterocycles. The molecular formula is C29H27ClFN7O4S2. The molecule has 2 aromatic heterocycles. The predicted octanol–water partition coefficient (Wildman–Crippen LogP) is 2.88. The summed E-state index contributed by atoms with van der Waals surface area (Å²) in [6.45, 7) is 2.72. The Morgan fingerprint density at radius 3 is 2.89 bits per heavy atom. The number of nitrogens with one attached hydrogen (secondary N) is 1. The number of aromatic nitrogens is 2. The molecule has 2 amide bonds. The van der Waals surface area contributed by atoms with Gasteiger partial charge in [0.05, 0.1) is 36.8 Å². The molecule has 1 aromatic carbocycles. The van der Waals surface area contributed by atoms with E-state index in [1.165, 1.54) is 48.0 Å². The molecule has 0 bridgehead atoms. The van der Waals surface area contributed by atoms with Gasteiger partial charge in [0, 0.05) is 66.8 Å². The molecule has 228 valence electrons. The molecule has 44 heavy (non-hydrogen) atoms. The molecular weight excluding hydrogens is 629 g/mol. The van der Waals surface area contributed by atoms with Gasteiger partial charge in [0.1, 0.15) is 11.9 Å². The number of thiazole rings is 2. The van der Waals surface area contributed by atoms with Crippen LogP contribution in [0.5, 0.6) is 0 Å². The maximum atomic E-state index is 13.9. The number of aliphatic hydroxyl groups is 1. The van der Waals surface area contributed by atoms with E-state index in [1.807, 2.05) is 10.3 Å². The van der Waals surface area contributed by atoms with Crippen LogP contribution in [0.2, 0.25) is 5.02 Å². The molecule has 0 saturated carbocycles. The van der Waals surface area contributed by atoms with Gasteiger partial charge >= 0.3 is 12.0 Å². The maximum Gasteiger partial charge on any atom is 0.338 e. The van der Waals surface area contributed by atoms with Crippen molar-refractivity contribution in [2.45, 2.75) is 18.7 Å². The van der Waals surface area contributed by atoms with Crippen LogP contribution in [0.1, 0.15) is 26.5 Å². The third-order valence-electron chi connectivity index (χ3n) is 7.49. The van der Waals surface area contributed by atoms with Crippen LogP contribution in [0.3, 0.4) is 0 Å². The number of urea groups is 1. The number of amides is 2. The van der Waals surface area contributed by atoms with Crippen molar-refractivity contribution in [2.24, 2.45) is 4.99 Å². The summed E-state index contributed by atoms with van der Waals surface area (Å²) in [6, 6.07) is 3.04. The number of aliphatic imine (C=N–C) groups is 1. The number of benzene rings is 1. The Morgan fingerprint density at radius 2 is 2.16 bits per heavy atom. The Balaban J connectivity index is 1.22. The smallest absolute Gasteiger partial charge is 0.338 e. The third kappa shape index (κ3) is 6.19. The molecule has 5 heterocycles. The number of halogens is 2. The van der Waals surface area contributed by atoms with E-state index in [-0.39, 0.29) is 35.8 Å². The highest BCUT2D eigenvalue weighted by Crippen LogP contribution is 2.37. The number of rotatable bonds is 7. The summed E-state index contributed by atoms with van der Waals surface area (Å²) >= 11 is 9.18. The second kappa shape index (κ2) is 13.0. The van der Waals surface area contributed by atoms with E-state index in [0.717, 1.165) is 4.88 Å². The number of hydrogen-bond acceptors (Lipinski definition) is 11. The van der Waals surface area contributed by atoms with E-state index < -0.39 is 17.8 Å². The van der Waals surface area contributed by atoms with Crippen molar-refractivity contribution in [3.8, 4) is 11.8 Å². The number of piperazine rings is 1. The van der Waals surface area contributed by atoms with Crippen molar-refractivity contribution in [1.82, 2.24) is 30.0 Å². The van der Waals surface area contributed by atoms with E-state index in [1.54, 1.807) is 17.3 Å². The topological polar surface area (TPSA) is 123 Å². The number of fused-ring (bicyclic) bond motifs is 1. The monoisotopic (exact) mass is 655 g/mol. The summed E-state index contributed by atoms with van der Waals surface area (Å²) < 4.78 is 19.1. The highest BCUT2D eigenvalue weighted by atomic mass is 35.5. The molecule has 3 aliphatic rings. The van der Waals surface area contributed by atoms with Gasteiger partial charge < -0.3 is 25.0 Å². The van der Waals surface area contributed by atoms with Gasteiger partial charge in [0.2, 0.25) is 0 Å². The molecule has 2 fully saturated rings. The average molecular weight is 656 g/mol. The fraction of sp³-hybridized carbons (Fsp3) is 0.345. The Bertz CT molecular complexity index is 1700. The summed E-state index contributed by atoms with van der Waals surface area (Å²) in [5.41, 5.74) is 1.32. The summed E-state index contributed by atoms with van der Waals surface area (Å²) in [4.78, 5) is 46.2. The second-order valence-corrected chi connectivity index (χ2v) is 12.6. The quantitative estimate of drug-likeness (QED) is 0.294. The van der Waals surface area contributed by atoms with Crippen LogP contribution in [0.25, 0.3) is 0 Å². The zero-order valence-corrected chi connectivity index (χ0v) is 25.9.